The fourth-order valence-corrected chi connectivity index (χ4v) is 3.67. The summed E-state index contributed by atoms with van der Waals surface area (Å²) in [4.78, 5) is 19.4. The molecule has 0 bridgehead atoms. The highest BCUT2D eigenvalue weighted by atomic mass is 19.1. The number of benzene rings is 2. The first-order valence-electron chi connectivity index (χ1n) is 8.88. The molecule has 1 unspecified atom stereocenters. The number of piperazine rings is 1. The quantitative estimate of drug-likeness (QED) is 0.786. The third-order valence-electron chi connectivity index (χ3n) is 4.89. The van der Waals surface area contributed by atoms with E-state index < -0.39 is 6.04 Å². The molecule has 1 N–H and O–H groups in total. The number of nitrogens with zero attached hydrogens (tertiary/aromatic N) is 3. The van der Waals surface area contributed by atoms with E-state index in [0.29, 0.717) is 13.1 Å². The average molecular weight is 352 g/mol. The minimum absolute atomic E-state index is 0.0537. The molecule has 26 heavy (non-hydrogen) atoms. The lowest BCUT2D eigenvalue weighted by Crippen LogP contribution is -2.49. The van der Waals surface area contributed by atoms with Gasteiger partial charge in [-0.15, -0.1) is 0 Å². The Balaban J connectivity index is 1.69. The van der Waals surface area contributed by atoms with E-state index in [1.807, 2.05) is 18.2 Å². The second-order valence-corrected chi connectivity index (χ2v) is 6.48. The first-order chi connectivity index (χ1) is 12.7. The van der Waals surface area contributed by atoms with E-state index in [9.17, 15) is 9.18 Å². The molecule has 1 amide bonds. The molecule has 0 saturated carbocycles. The van der Waals surface area contributed by atoms with Crippen molar-refractivity contribution in [2.75, 3.05) is 13.1 Å². The van der Waals surface area contributed by atoms with E-state index in [2.05, 4.69) is 27.8 Å². The number of hydrogen-bond acceptors (Lipinski definition) is 3. The smallest absolute Gasteiger partial charge is 0.242 e. The van der Waals surface area contributed by atoms with Crippen LogP contribution in [0.1, 0.15) is 24.4 Å². The van der Waals surface area contributed by atoms with Gasteiger partial charge in [-0.05, 0) is 36.8 Å². The maximum atomic E-state index is 13.3. The fraction of sp³-hybridized carbons (Fsp3) is 0.300. The van der Waals surface area contributed by atoms with Crippen molar-refractivity contribution in [3.63, 3.8) is 0 Å². The second-order valence-electron chi connectivity index (χ2n) is 6.48. The van der Waals surface area contributed by atoms with Crippen LogP contribution in [0.5, 0.6) is 0 Å². The van der Waals surface area contributed by atoms with Gasteiger partial charge in [-0.25, -0.2) is 9.37 Å². The molecule has 5 nitrogen and oxygen atoms in total. The van der Waals surface area contributed by atoms with Gasteiger partial charge in [-0.3, -0.25) is 9.69 Å². The largest absolute Gasteiger partial charge is 0.353 e. The van der Waals surface area contributed by atoms with Crippen LogP contribution in [-0.2, 0) is 17.9 Å². The number of imidazole rings is 1. The lowest BCUT2D eigenvalue weighted by Gasteiger charge is -2.35. The Labute approximate surface area is 151 Å². The Kier molecular flexibility index (Phi) is 4.42. The molecule has 2 aromatic carbocycles. The van der Waals surface area contributed by atoms with Crippen molar-refractivity contribution < 1.29 is 9.18 Å². The molecule has 1 aliphatic rings. The van der Waals surface area contributed by atoms with Crippen LogP contribution in [-0.4, -0.2) is 33.4 Å². The zero-order chi connectivity index (χ0) is 18.1. The molecule has 0 aliphatic carbocycles. The van der Waals surface area contributed by atoms with E-state index in [4.69, 9.17) is 4.98 Å². The van der Waals surface area contributed by atoms with Gasteiger partial charge in [0.05, 0.1) is 17.6 Å². The van der Waals surface area contributed by atoms with Gasteiger partial charge in [0.25, 0.3) is 0 Å². The second kappa shape index (κ2) is 6.88. The highest BCUT2D eigenvalue weighted by Gasteiger charge is 2.32. The van der Waals surface area contributed by atoms with Gasteiger partial charge in [-0.2, -0.15) is 0 Å². The van der Waals surface area contributed by atoms with Crippen LogP contribution in [0.2, 0.25) is 0 Å². The Bertz CT molecular complexity index is 935. The van der Waals surface area contributed by atoms with Gasteiger partial charge in [0, 0.05) is 19.6 Å². The van der Waals surface area contributed by atoms with E-state index in [0.717, 1.165) is 35.5 Å². The SMILES string of the molecule is CCn1c(CN2CCNC(=O)C2c2ccc(F)cc2)nc2ccccc21. The van der Waals surface area contributed by atoms with Crippen molar-refractivity contribution in [2.24, 2.45) is 0 Å². The Hall–Kier alpha value is -2.73. The summed E-state index contributed by atoms with van der Waals surface area (Å²) in [6, 6.07) is 13.8. The van der Waals surface area contributed by atoms with E-state index in [-0.39, 0.29) is 11.7 Å². The molecule has 1 aliphatic heterocycles. The van der Waals surface area contributed by atoms with Crippen molar-refractivity contribution in [1.82, 2.24) is 19.8 Å². The predicted molar refractivity (Wildman–Crippen MR) is 98.0 cm³/mol. The molecule has 1 fully saturated rings. The summed E-state index contributed by atoms with van der Waals surface area (Å²) in [5, 5.41) is 2.91. The average Bonchev–Trinajstić information content (AvgIpc) is 3.00. The van der Waals surface area contributed by atoms with Crippen molar-refractivity contribution in [3.8, 4) is 0 Å². The van der Waals surface area contributed by atoms with Crippen LogP contribution >= 0.6 is 0 Å². The van der Waals surface area contributed by atoms with Gasteiger partial charge >= 0.3 is 0 Å². The van der Waals surface area contributed by atoms with Crippen LogP contribution in [0.3, 0.4) is 0 Å². The van der Waals surface area contributed by atoms with E-state index in [1.165, 1.54) is 12.1 Å². The highest BCUT2D eigenvalue weighted by Crippen LogP contribution is 2.26. The first kappa shape index (κ1) is 16.7. The maximum Gasteiger partial charge on any atom is 0.242 e. The number of halogens is 1. The molecule has 2 heterocycles. The molecule has 4 rings (SSSR count). The van der Waals surface area contributed by atoms with Crippen LogP contribution in [0.4, 0.5) is 4.39 Å². The minimum Gasteiger partial charge on any atom is -0.353 e. The van der Waals surface area contributed by atoms with Crippen molar-refractivity contribution in [1.29, 1.82) is 0 Å². The summed E-state index contributed by atoms with van der Waals surface area (Å²) >= 11 is 0. The van der Waals surface area contributed by atoms with Crippen molar-refractivity contribution in [2.45, 2.75) is 26.1 Å². The minimum atomic E-state index is -0.436. The number of carbonyl (C=O) groups is 1. The number of aryl methyl sites for hydroxylation is 1. The number of amides is 1. The van der Waals surface area contributed by atoms with Gasteiger partial charge in [-0.1, -0.05) is 24.3 Å². The Morgan fingerprint density at radius 3 is 2.73 bits per heavy atom. The third kappa shape index (κ3) is 2.97. The van der Waals surface area contributed by atoms with E-state index in [1.54, 1.807) is 12.1 Å². The van der Waals surface area contributed by atoms with Crippen LogP contribution < -0.4 is 5.32 Å². The number of para-hydroxylation sites is 2. The normalized spacial score (nSPS) is 18.2. The summed E-state index contributed by atoms with van der Waals surface area (Å²) in [5.74, 6) is 0.585. The topological polar surface area (TPSA) is 50.2 Å². The summed E-state index contributed by atoms with van der Waals surface area (Å²) in [6.45, 7) is 4.80. The number of nitrogens with one attached hydrogen (secondary N) is 1. The van der Waals surface area contributed by atoms with E-state index >= 15 is 0 Å². The summed E-state index contributed by atoms with van der Waals surface area (Å²) in [6.07, 6.45) is 0. The molecule has 134 valence electrons. The van der Waals surface area contributed by atoms with Gasteiger partial charge in [0.15, 0.2) is 0 Å². The van der Waals surface area contributed by atoms with Crippen LogP contribution in [0.25, 0.3) is 11.0 Å². The first-order valence-corrected chi connectivity index (χ1v) is 8.88. The fourth-order valence-electron chi connectivity index (χ4n) is 3.67. The monoisotopic (exact) mass is 352 g/mol. The summed E-state index contributed by atoms with van der Waals surface area (Å²) in [5.41, 5.74) is 2.86. The Morgan fingerprint density at radius 1 is 1.19 bits per heavy atom. The number of aromatic nitrogens is 2. The molecule has 6 heteroatoms. The standard InChI is InChI=1S/C20H21FN4O/c1-2-25-17-6-4-3-5-16(17)23-18(25)13-24-12-11-22-20(26)19(24)14-7-9-15(21)10-8-14/h3-10,19H,2,11-13H2,1H3,(H,22,26). The molecule has 1 aromatic heterocycles. The van der Waals surface area contributed by atoms with Crippen molar-refractivity contribution in [3.05, 3.63) is 65.7 Å². The number of rotatable bonds is 4. The van der Waals surface area contributed by atoms with Crippen LogP contribution in [0.15, 0.2) is 48.5 Å². The molecule has 1 saturated heterocycles. The highest BCUT2D eigenvalue weighted by molar-refractivity contribution is 5.84. The lowest BCUT2D eigenvalue weighted by molar-refractivity contribution is -0.129. The molecule has 1 atom stereocenters. The third-order valence-corrected chi connectivity index (χ3v) is 4.89. The number of fused-ring (bicyclic) bond motifs is 1. The zero-order valence-electron chi connectivity index (χ0n) is 14.7. The zero-order valence-corrected chi connectivity index (χ0v) is 14.7. The molecular weight excluding hydrogens is 331 g/mol. The lowest BCUT2D eigenvalue weighted by atomic mass is 10.0. The maximum absolute atomic E-state index is 13.3. The van der Waals surface area contributed by atoms with Gasteiger partial charge < -0.3 is 9.88 Å². The van der Waals surface area contributed by atoms with Gasteiger partial charge in [0.1, 0.15) is 17.7 Å². The van der Waals surface area contributed by atoms with Crippen LogP contribution in [0, 0.1) is 5.82 Å². The Morgan fingerprint density at radius 2 is 1.96 bits per heavy atom. The number of hydrogen-bond donors (Lipinski definition) is 1. The molecular formula is C20H21FN4O. The molecule has 0 radical (unpaired) electrons. The summed E-state index contributed by atoms with van der Waals surface area (Å²) in [7, 11) is 0. The molecule has 0 spiro atoms. The van der Waals surface area contributed by atoms with Gasteiger partial charge in [0.2, 0.25) is 5.91 Å². The predicted octanol–water partition coefficient (Wildman–Crippen LogP) is 2.87. The van der Waals surface area contributed by atoms with Crippen molar-refractivity contribution >= 4 is 16.9 Å². The number of carbonyl (C=O) groups excluding carboxylic acids is 1. The summed E-state index contributed by atoms with van der Waals surface area (Å²) < 4.78 is 15.5. The molecule has 3 aromatic rings.